The molecule has 1 heterocycles. The minimum Gasteiger partial charge on any atom is -0.468 e. The van der Waals surface area contributed by atoms with E-state index in [0.29, 0.717) is 23.4 Å². The minimum atomic E-state index is -0.698. The average molecular weight is 364 g/mol. The van der Waals surface area contributed by atoms with Crippen molar-refractivity contribution in [3.63, 3.8) is 0 Å². The molecule has 1 aromatic carbocycles. The Balaban J connectivity index is 0.00000312. The first-order chi connectivity index (χ1) is 11.4. The van der Waals surface area contributed by atoms with Crippen LogP contribution in [0.4, 0.5) is 5.69 Å². The van der Waals surface area contributed by atoms with Crippen LogP contribution in [0.1, 0.15) is 27.2 Å². The van der Waals surface area contributed by atoms with Crippen LogP contribution in [0.2, 0.25) is 0 Å². The summed E-state index contributed by atoms with van der Waals surface area (Å²) in [5.41, 5.74) is 9.43. The van der Waals surface area contributed by atoms with Gasteiger partial charge in [-0.05, 0) is 49.6 Å². The number of methoxy groups -OCH3 is 1. The maximum Gasteiger partial charge on any atom is 0.322 e. The van der Waals surface area contributed by atoms with Crippen molar-refractivity contribution in [1.82, 2.24) is 4.98 Å². The number of aromatic nitrogens is 1. The van der Waals surface area contributed by atoms with E-state index >= 15 is 0 Å². The molecule has 1 atom stereocenters. The zero-order chi connectivity index (χ0) is 17.7. The molecule has 0 saturated heterocycles. The second-order valence-electron chi connectivity index (χ2n) is 5.57. The highest BCUT2D eigenvalue weighted by Crippen LogP contribution is 2.16. The quantitative estimate of drug-likeness (QED) is 0.795. The Kier molecular flexibility index (Phi) is 7.54. The fourth-order valence-electron chi connectivity index (χ4n) is 2.44. The number of ether oxygens (including phenoxy) is 1. The number of anilines is 1. The zero-order valence-electron chi connectivity index (χ0n) is 14.4. The highest BCUT2D eigenvalue weighted by atomic mass is 35.5. The van der Waals surface area contributed by atoms with Crippen LogP contribution in [0.3, 0.4) is 0 Å². The van der Waals surface area contributed by atoms with E-state index in [0.717, 1.165) is 11.1 Å². The summed E-state index contributed by atoms with van der Waals surface area (Å²) in [6.07, 6.45) is 2.06. The van der Waals surface area contributed by atoms with Crippen LogP contribution >= 0.6 is 12.4 Å². The SMILES string of the molecule is COC(=O)[C@@H](N)Cc1ccc(NC(=O)c2c(C)ccnc2C)cc1.Cl. The molecular weight excluding hydrogens is 342 g/mol. The summed E-state index contributed by atoms with van der Waals surface area (Å²) in [5, 5.41) is 2.85. The zero-order valence-corrected chi connectivity index (χ0v) is 15.2. The smallest absolute Gasteiger partial charge is 0.322 e. The van der Waals surface area contributed by atoms with Crippen LogP contribution in [-0.4, -0.2) is 30.0 Å². The summed E-state index contributed by atoms with van der Waals surface area (Å²) in [7, 11) is 1.31. The Morgan fingerprint density at radius 3 is 2.40 bits per heavy atom. The molecule has 2 rings (SSSR count). The Morgan fingerprint density at radius 2 is 1.84 bits per heavy atom. The number of carbonyl (C=O) groups excluding carboxylic acids is 2. The maximum atomic E-state index is 12.4. The van der Waals surface area contributed by atoms with E-state index in [4.69, 9.17) is 5.73 Å². The van der Waals surface area contributed by atoms with Gasteiger partial charge in [0.2, 0.25) is 0 Å². The number of hydrogen-bond donors (Lipinski definition) is 2. The van der Waals surface area contributed by atoms with Crippen molar-refractivity contribution in [2.24, 2.45) is 5.73 Å². The van der Waals surface area contributed by atoms with Crippen molar-refractivity contribution in [2.75, 3.05) is 12.4 Å². The maximum absolute atomic E-state index is 12.4. The summed E-state index contributed by atoms with van der Waals surface area (Å²) in [5.74, 6) is -0.646. The lowest BCUT2D eigenvalue weighted by Crippen LogP contribution is -2.33. The number of nitrogens with one attached hydrogen (secondary N) is 1. The number of amides is 1. The van der Waals surface area contributed by atoms with Gasteiger partial charge in [0.1, 0.15) is 6.04 Å². The van der Waals surface area contributed by atoms with Crippen LogP contribution in [0.25, 0.3) is 0 Å². The molecule has 3 N–H and O–H groups in total. The molecule has 0 aliphatic rings. The van der Waals surface area contributed by atoms with Crippen LogP contribution in [0.15, 0.2) is 36.5 Å². The lowest BCUT2D eigenvalue weighted by molar-refractivity contribution is -0.142. The molecule has 6 nitrogen and oxygen atoms in total. The number of carbonyl (C=O) groups is 2. The lowest BCUT2D eigenvalue weighted by Gasteiger charge is -2.11. The molecule has 1 aromatic heterocycles. The Bertz CT molecular complexity index is 727. The number of rotatable bonds is 5. The van der Waals surface area contributed by atoms with Gasteiger partial charge in [0, 0.05) is 11.9 Å². The number of nitrogens with zero attached hydrogens (tertiary/aromatic N) is 1. The molecule has 0 aliphatic heterocycles. The first kappa shape index (κ1) is 20.6. The first-order valence-electron chi connectivity index (χ1n) is 7.58. The standard InChI is InChI=1S/C18H21N3O3.ClH/c1-11-8-9-20-12(2)16(11)17(22)21-14-6-4-13(5-7-14)10-15(19)18(23)24-3;/h4-9,15H,10,19H2,1-3H3,(H,21,22);1H/t15-;/m0./s1. The molecule has 0 saturated carbocycles. The van der Waals surface area contributed by atoms with E-state index in [1.807, 2.05) is 19.1 Å². The number of hydrogen-bond acceptors (Lipinski definition) is 5. The summed E-state index contributed by atoms with van der Waals surface area (Å²) >= 11 is 0. The van der Waals surface area contributed by atoms with Gasteiger partial charge in [0.05, 0.1) is 18.4 Å². The van der Waals surface area contributed by atoms with Crippen molar-refractivity contribution >= 4 is 30.0 Å². The molecule has 0 fully saturated rings. The number of benzene rings is 1. The predicted octanol–water partition coefficient (Wildman–Crippen LogP) is 2.42. The third-order valence-electron chi connectivity index (χ3n) is 3.75. The summed E-state index contributed by atoms with van der Waals surface area (Å²) < 4.78 is 4.61. The topological polar surface area (TPSA) is 94.3 Å². The van der Waals surface area contributed by atoms with Crippen LogP contribution in [-0.2, 0) is 16.0 Å². The van der Waals surface area contributed by atoms with Crippen LogP contribution in [0, 0.1) is 13.8 Å². The average Bonchev–Trinajstić information content (AvgIpc) is 2.55. The third-order valence-corrected chi connectivity index (χ3v) is 3.75. The van der Waals surface area contributed by atoms with E-state index in [1.54, 1.807) is 31.3 Å². The molecule has 25 heavy (non-hydrogen) atoms. The van der Waals surface area contributed by atoms with Crippen molar-refractivity contribution in [3.8, 4) is 0 Å². The van der Waals surface area contributed by atoms with E-state index in [-0.39, 0.29) is 18.3 Å². The Labute approximate surface area is 153 Å². The minimum absolute atomic E-state index is 0. The predicted molar refractivity (Wildman–Crippen MR) is 99.0 cm³/mol. The van der Waals surface area contributed by atoms with E-state index < -0.39 is 12.0 Å². The number of nitrogens with two attached hydrogens (primary N) is 1. The summed E-state index contributed by atoms with van der Waals surface area (Å²) in [6, 6.07) is 8.30. The molecule has 2 aromatic rings. The van der Waals surface area contributed by atoms with Gasteiger partial charge in [-0.3, -0.25) is 14.6 Å². The van der Waals surface area contributed by atoms with Gasteiger partial charge in [-0.15, -0.1) is 12.4 Å². The van der Waals surface area contributed by atoms with Gasteiger partial charge in [0.15, 0.2) is 0 Å². The van der Waals surface area contributed by atoms with Crippen molar-refractivity contribution in [3.05, 3.63) is 58.9 Å². The molecular formula is C18H22ClN3O3. The number of halogens is 1. The molecule has 0 radical (unpaired) electrons. The van der Waals surface area contributed by atoms with Gasteiger partial charge < -0.3 is 15.8 Å². The highest BCUT2D eigenvalue weighted by Gasteiger charge is 2.15. The number of aryl methyl sites for hydroxylation is 2. The van der Waals surface area contributed by atoms with E-state index in [2.05, 4.69) is 15.0 Å². The van der Waals surface area contributed by atoms with Crippen molar-refractivity contribution in [1.29, 1.82) is 0 Å². The van der Waals surface area contributed by atoms with E-state index in [9.17, 15) is 9.59 Å². The fraction of sp³-hybridized carbons (Fsp3) is 0.278. The number of pyridine rings is 1. The monoisotopic (exact) mass is 363 g/mol. The largest absolute Gasteiger partial charge is 0.468 e. The Morgan fingerprint density at radius 1 is 1.20 bits per heavy atom. The molecule has 1 amide bonds. The van der Waals surface area contributed by atoms with Gasteiger partial charge in [-0.25, -0.2) is 0 Å². The van der Waals surface area contributed by atoms with Crippen molar-refractivity contribution < 1.29 is 14.3 Å². The van der Waals surface area contributed by atoms with Gasteiger partial charge in [0.25, 0.3) is 5.91 Å². The molecule has 0 spiro atoms. The van der Waals surface area contributed by atoms with Crippen molar-refractivity contribution in [2.45, 2.75) is 26.3 Å². The molecule has 0 unspecified atom stereocenters. The fourth-order valence-corrected chi connectivity index (χ4v) is 2.44. The Hall–Kier alpha value is -2.44. The molecule has 7 heteroatoms. The molecule has 0 aliphatic carbocycles. The first-order valence-corrected chi connectivity index (χ1v) is 7.58. The molecule has 134 valence electrons. The molecule has 0 bridgehead atoms. The van der Waals surface area contributed by atoms with Gasteiger partial charge in [-0.2, -0.15) is 0 Å². The van der Waals surface area contributed by atoms with E-state index in [1.165, 1.54) is 7.11 Å². The van der Waals surface area contributed by atoms with Crippen LogP contribution in [0.5, 0.6) is 0 Å². The second kappa shape index (κ2) is 9.15. The summed E-state index contributed by atoms with van der Waals surface area (Å²) in [6.45, 7) is 3.68. The third kappa shape index (κ3) is 5.27. The highest BCUT2D eigenvalue weighted by molar-refractivity contribution is 6.05. The second-order valence-corrected chi connectivity index (χ2v) is 5.57. The van der Waals surface area contributed by atoms with Crippen LogP contribution < -0.4 is 11.1 Å². The number of esters is 1. The van der Waals surface area contributed by atoms with Gasteiger partial charge in [-0.1, -0.05) is 12.1 Å². The summed E-state index contributed by atoms with van der Waals surface area (Å²) in [4.78, 5) is 27.9. The lowest BCUT2D eigenvalue weighted by atomic mass is 10.1. The normalized spacial score (nSPS) is 11.2. The van der Waals surface area contributed by atoms with Gasteiger partial charge >= 0.3 is 5.97 Å².